The smallest absolute Gasteiger partial charge is 0.244 e. The molecule has 0 spiro atoms. The monoisotopic (exact) mass is 471 g/mol. The van der Waals surface area contributed by atoms with Crippen LogP contribution < -0.4 is 9.62 Å². The summed E-state index contributed by atoms with van der Waals surface area (Å²) in [5.74, 6) is -0.646. The fourth-order valence-corrected chi connectivity index (χ4v) is 4.99. The summed E-state index contributed by atoms with van der Waals surface area (Å²) in [7, 11) is -3.72. The molecular weight excluding hydrogens is 438 g/mol. The summed E-state index contributed by atoms with van der Waals surface area (Å²) in [6.07, 6.45) is 5.15. The summed E-state index contributed by atoms with van der Waals surface area (Å²) in [6, 6.07) is 15.8. The summed E-state index contributed by atoms with van der Waals surface area (Å²) in [4.78, 5) is 27.9. The van der Waals surface area contributed by atoms with Gasteiger partial charge < -0.3 is 10.2 Å². The zero-order valence-corrected chi connectivity index (χ0v) is 20.3. The van der Waals surface area contributed by atoms with Gasteiger partial charge in [-0.1, -0.05) is 55.3 Å². The van der Waals surface area contributed by atoms with Gasteiger partial charge in [0, 0.05) is 12.6 Å². The summed E-state index contributed by atoms with van der Waals surface area (Å²) in [6.45, 7) is 3.39. The molecule has 0 bridgehead atoms. The maximum atomic E-state index is 13.5. The van der Waals surface area contributed by atoms with E-state index in [9.17, 15) is 18.0 Å². The van der Waals surface area contributed by atoms with Crippen molar-refractivity contribution in [3.8, 4) is 0 Å². The number of nitrogens with zero attached hydrogens (tertiary/aromatic N) is 2. The van der Waals surface area contributed by atoms with E-state index in [0.717, 1.165) is 47.4 Å². The molecule has 178 valence electrons. The van der Waals surface area contributed by atoms with Crippen LogP contribution in [0.4, 0.5) is 5.69 Å². The largest absolute Gasteiger partial charge is 0.352 e. The minimum atomic E-state index is -3.72. The van der Waals surface area contributed by atoms with Crippen LogP contribution in [0.1, 0.15) is 43.7 Å². The van der Waals surface area contributed by atoms with Gasteiger partial charge in [-0.15, -0.1) is 0 Å². The SMILES string of the molecule is Cc1cccc(N(CC(=O)N(Cc2ccccc2)[C@@H](C)C(=O)NC2CCCC2)S(C)(=O)=O)c1. The molecule has 1 saturated carbocycles. The average Bonchev–Trinajstić information content (AvgIpc) is 3.28. The highest BCUT2D eigenvalue weighted by Gasteiger charge is 2.31. The predicted octanol–water partition coefficient (Wildman–Crippen LogP) is 3.24. The molecule has 7 nitrogen and oxygen atoms in total. The van der Waals surface area contributed by atoms with E-state index in [0.29, 0.717) is 5.69 Å². The van der Waals surface area contributed by atoms with Crippen molar-refractivity contribution in [1.82, 2.24) is 10.2 Å². The van der Waals surface area contributed by atoms with E-state index in [1.165, 1.54) is 4.90 Å². The van der Waals surface area contributed by atoms with E-state index < -0.39 is 22.0 Å². The van der Waals surface area contributed by atoms with Crippen LogP contribution in [0.2, 0.25) is 0 Å². The third-order valence-electron chi connectivity index (χ3n) is 6.03. The Bertz CT molecular complexity index is 1070. The van der Waals surface area contributed by atoms with Crippen molar-refractivity contribution < 1.29 is 18.0 Å². The Balaban J connectivity index is 1.85. The zero-order valence-electron chi connectivity index (χ0n) is 19.5. The van der Waals surface area contributed by atoms with Gasteiger partial charge in [-0.25, -0.2) is 8.42 Å². The van der Waals surface area contributed by atoms with Crippen molar-refractivity contribution in [3.63, 3.8) is 0 Å². The molecular formula is C25H33N3O4S. The van der Waals surface area contributed by atoms with Gasteiger partial charge in [0.25, 0.3) is 0 Å². The number of aryl methyl sites for hydroxylation is 1. The molecule has 0 saturated heterocycles. The first kappa shape index (κ1) is 24.8. The van der Waals surface area contributed by atoms with Crippen molar-refractivity contribution in [3.05, 3.63) is 65.7 Å². The molecule has 0 unspecified atom stereocenters. The minimum Gasteiger partial charge on any atom is -0.352 e. The highest BCUT2D eigenvalue weighted by atomic mass is 32.2. The van der Waals surface area contributed by atoms with Crippen molar-refractivity contribution >= 4 is 27.5 Å². The second-order valence-corrected chi connectivity index (χ2v) is 10.7. The van der Waals surface area contributed by atoms with Crippen LogP contribution in [0.15, 0.2) is 54.6 Å². The Kier molecular flexibility index (Phi) is 8.13. The predicted molar refractivity (Wildman–Crippen MR) is 130 cm³/mol. The first-order chi connectivity index (χ1) is 15.6. The van der Waals surface area contributed by atoms with Crippen LogP contribution in [0.5, 0.6) is 0 Å². The molecule has 0 radical (unpaired) electrons. The fraction of sp³-hybridized carbons (Fsp3) is 0.440. The molecule has 1 aliphatic carbocycles. The number of amides is 2. The summed E-state index contributed by atoms with van der Waals surface area (Å²) >= 11 is 0. The lowest BCUT2D eigenvalue weighted by Gasteiger charge is -2.32. The van der Waals surface area contributed by atoms with Crippen LogP contribution in [0, 0.1) is 6.92 Å². The lowest BCUT2D eigenvalue weighted by Crippen LogP contribution is -2.52. The van der Waals surface area contributed by atoms with Crippen molar-refractivity contribution in [2.24, 2.45) is 0 Å². The standard InChI is InChI=1S/C25H33N3O4S/c1-19-10-9-15-23(16-19)28(33(3,31)32)18-24(29)27(17-21-11-5-4-6-12-21)20(2)25(30)26-22-13-7-8-14-22/h4-6,9-12,15-16,20,22H,7-8,13-14,17-18H2,1-3H3,(H,26,30)/t20-/m0/s1. The van der Waals surface area contributed by atoms with Crippen LogP contribution in [-0.4, -0.2) is 50.0 Å². The summed E-state index contributed by atoms with van der Waals surface area (Å²) in [5.41, 5.74) is 2.18. The lowest BCUT2D eigenvalue weighted by molar-refractivity contribution is -0.139. The molecule has 0 aromatic heterocycles. The molecule has 2 amide bonds. The fourth-order valence-electron chi connectivity index (χ4n) is 4.15. The van der Waals surface area contributed by atoms with Gasteiger partial charge in [0.2, 0.25) is 21.8 Å². The number of rotatable bonds is 9. The van der Waals surface area contributed by atoms with Crippen molar-refractivity contribution in [2.75, 3.05) is 17.1 Å². The van der Waals surface area contributed by atoms with Crippen LogP contribution in [0.25, 0.3) is 0 Å². The van der Waals surface area contributed by atoms with E-state index in [-0.39, 0.29) is 25.0 Å². The van der Waals surface area contributed by atoms with Crippen LogP contribution in [-0.2, 0) is 26.2 Å². The summed E-state index contributed by atoms with van der Waals surface area (Å²) in [5, 5.41) is 3.06. The van der Waals surface area contributed by atoms with Crippen LogP contribution in [0.3, 0.4) is 0 Å². The minimum absolute atomic E-state index is 0.133. The van der Waals surface area contributed by atoms with Crippen LogP contribution >= 0.6 is 0 Å². The first-order valence-electron chi connectivity index (χ1n) is 11.3. The zero-order chi connectivity index (χ0) is 24.0. The molecule has 1 atom stereocenters. The molecule has 1 aliphatic rings. The molecule has 1 fully saturated rings. The average molecular weight is 472 g/mol. The van der Waals surface area contributed by atoms with E-state index in [2.05, 4.69) is 5.32 Å². The summed E-state index contributed by atoms with van der Waals surface area (Å²) < 4.78 is 26.2. The molecule has 1 N–H and O–H groups in total. The highest BCUT2D eigenvalue weighted by Crippen LogP contribution is 2.21. The van der Waals surface area contributed by atoms with Gasteiger partial charge in [0.1, 0.15) is 12.6 Å². The van der Waals surface area contributed by atoms with Crippen molar-refractivity contribution in [1.29, 1.82) is 0 Å². The number of hydrogen-bond acceptors (Lipinski definition) is 4. The molecule has 8 heteroatoms. The number of anilines is 1. The number of nitrogens with one attached hydrogen (secondary N) is 1. The van der Waals surface area contributed by atoms with E-state index in [1.807, 2.05) is 43.3 Å². The number of carbonyl (C=O) groups is 2. The topological polar surface area (TPSA) is 86.8 Å². The van der Waals surface area contributed by atoms with Gasteiger partial charge in [-0.3, -0.25) is 13.9 Å². The van der Waals surface area contributed by atoms with Gasteiger partial charge in [-0.05, 0) is 49.9 Å². The van der Waals surface area contributed by atoms with Crippen molar-refractivity contribution in [2.45, 2.75) is 58.2 Å². The molecule has 2 aromatic rings. The normalized spacial score (nSPS) is 15.1. The number of carbonyl (C=O) groups excluding carboxylic acids is 2. The third kappa shape index (κ3) is 6.81. The van der Waals surface area contributed by atoms with E-state index in [4.69, 9.17) is 0 Å². The number of sulfonamides is 1. The highest BCUT2D eigenvalue weighted by molar-refractivity contribution is 7.92. The number of benzene rings is 2. The van der Waals surface area contributed by atoms with Gasteiger partial charge in [-0.2, -0.15) is 0 Å². The Morgan fingerprint density at radius 3 is 2.33 bits per heavy atom. The Morgan fingerprint density at radius 1 is 1.06 bits per heavy atom. The lowest BCUT2D eigenvalue weighted by atomic mass is 10.1. The Labute approximate surface area is 196 Å². The van der Waals surface area contributed by atoms with E-state index in [1.54, 1.807) is 25.1 Å². The maximum absolute atomic E-state index is 13.5. The molecule has 2 aromatic carbocycles. The second kappa shape index (κ2) is 10.8. The van der Waals surface area contributed by atoms with Gasteiger partial charge in [0.05, 0.1) is 11.9 Å². The maximum Gasteiger partial charge on any atom is 0.244 e. The molecule has 0 aliphatic heterocycles. The van der Waals surface area contributed by atoms with Gasteiger partial charge in [0.15, 0.2) is 0 Å². The third-order valence-corrected chi connectivity index (χ3v) is 7.17. The second-order valence-electron chi connectivity index (χ2n) is 8.78. The molecule has 33 heavy (non-hydrogen) atoms. The quantitative estimate of drug-likeness (QED) is 0.608. The number of hydrogen-bond donors (Lipinski definition) is 1. The first-order valence-corrected chi connectivity index (χ1v) is 13.2. The molecule has 0 heterocycles. The van der Waals surface area contributed by atoms with E-state index >= 15 is 0 Å². The Morgan fingerprint density at radius 2 is 1.73 bits per heavy atom. The van der Waals surface area contributed by atoms with Gasteiger partial charge >= 0.3 is 0 Å². The Hall–Kier alpha value is -2.87. The molecule has 3 rings (SSSR count).